The van der Waals surface area contributed by atoms with Crippen LogP contribution in [0.3, 0.4) is 0 Å². The monoisotopic (exact) mass is 363 g/mol. The van der Waals surface area contributed by atoms with Gasteiger partial charge < -0.3 is 18.9 Å². The Labute approximate surface area is 157 Å². The van der Waals surface area contributed by atoms with E-state index in [4.69, 9.17) is 23.9 Å². The standard InChI is InChI=1S/C22H21NO4/c1-12-8-15-14(22(27-5)21(12)26-4)6-7-17-16(15)9-13-10-19(24-2)20(25-3)11-18(13)23-17/h6-11H,1-5H3. The normalized spacial score (nSPS) is 11.1. The Morgan fingerprint density at radius 3 is 2.00 bits per heavy atom. The van der Waals surface area contributed by atoms with Crippen molar-refractivity contribution in [1.82, 2.24) is 4.98 Å². The van der Waals surface area contributed by atoms with Gasteiger partial charge in [0.1, 0.15) is 0 Å². The number of fused-ring (bicyclic) bond motifs is 4. The number of hydrogen-bond acceptors (Lipinski definition) is 5. The molecule has 138 valence electrons. The number of rotatable bonds is 4. The fraction of sp³-hybridized carbons (Fsp3) is 0.227. The summed E-state index contributed by atoms with van der Waals surface area (Å²) in [7, 11) is 6.58. The van der Waals surface area contributed by atoms with Gasteiger partial charge in [0, 0.05) is 22.2 Å². The molecule has 1 aromatic heterocycles. The Morgan fingerprint density at radius 1 is 0.630 bits per heavy atom. The van der Waals surface area contributed by atoms with Crippen LogP contribution in [0.25, 0.3) is 32.6 Å². The van der Waals surface area contributed by atoms with Crippen LogP contribution in [-0.4, -0.2) is 33.4 Å². The van der Waals surface area contributed by atoms with E-state index in [9.17, 15) is 0 Å². The molecule has 0 saturated heterocycles. The molecule has 0 aliphatic heterocycles. The molecule has 3 aromatic carbocycles. The number of hydrogen-bond donors (Lipinski definition) is 0. The zero-order valence-electron chi connectivity index (χ0n) is 16.0. The fourth-order valence-electron chi connectivity index (χ4n) is 3.65. The number of ether oxygens (including phenoxy) is 4. The summed E-state index contributed by atoms with van der Waals surface area (Å²) in [4.78, 5) is 4.83. The second kappa shape index (κ2) is 6.50. The number of nitrogens with zero attached hydrogens (tertiary/aromatic N) is 1. The maximum absolute atomic E-state index is 5.65. The molecule has 4 aromatic rings. The van der Waals surface area contributed by atoms with Crippen molar-refractivity contribution in [2.45, 2.75) is 6.92 Å². The highest BCUT2D eigenvalue weighted by atomic mass is 16.5. The molecule has 0 fully saturated rings. The first kappa shape index (κ1) is 17.2. The van der Waals surface area contributed by atoms with E-state index in [1.54, 1.807) is 28.4 Å². The Kier molecular flexibility index (Phi) is 4.15. The molecule has 0 aliphatic carbocycles. The molecular weight excluding hydrogens is 342 g/mol. The molecule has 0 saturated carbocycles. The van der Waals surface area contributed by atoms with Crippen LogP contribution in [0.2, 0.25) is 0 Å². The van der Waals surface area contributed by atoms with Crippen molar-refractivity contribution in [2.24, 2.45) is 0 Å². The second-order valence-corrected chi connectivity index (χ2v) is 6.38. The lowest BCUT2D eigenvalue weighted by atomic mass is 9.99. The Bertz CT molecular complexity index is 1180. The van der Waals surface area contributed by atoms with Crippen LogP contribution < -0.4 is 18.9 Å². The summed E-state index contributed by atoms with van der Waals surface area (Å²) >= 11 is 0. The predicted molar refractivity (Wildman–Crippen MR) is 108 cm³/mol. The van der Waals surface area contributed by atoms with Gasteiger partial charge in [-0.05, 0) is 48.2 Å². The third-order valence-corrected chi connectivity index (χ3v) is 4.92. The SMILES string of the molecule is COc1cc2cc3c(ccc4c(OC)c(OC)c(C)cc43)nc2cc1OC. The smallest absolute Gasteiger partial charge is 0.168 e. The van der Waals surface area contributed by atoms with Crippen molar-refractivity contribution < 1.29 is 18.9 Å². The summed E-state index contributed by atoms with van der Waals surface area (Å²) < 4.78 is 22.0. The van der Waals surface area contributed by atoms with Crippen LogP contribution in [0.15, 0.2) is 36.4 Å². The largest absolute Gasteiger partial charge is 0.493 e. The summed E-state index contributed by atoms with van der Waals surface area (Å²) in [6.45, 7) is 2.02. The molecule has 5 nitrogen and oxygen atoms in total. The molecule has 5 heteroatoms. The van der Waals surface area contributed by atoms with Crippen molar-refractivity contribution in [3.05, 3.63) is 42.0 Å². The summed E-state index contributed by atoms with van der Waals surface area (Å²) in [6, 6.07) is 12.1. The van der Waals surface area contributed by atoms with Gasteiger partial charge in [0.05, 0.1) is 39.5 Å². The van der Waals surface area contributed by atoms with E-state index in [1.807, 2.05) is 31.2 Å². The summed E-state index contributed by atoms with van der Waals surface area (Å²) in [5, 5.41) is 4.11. The summed E-state index contributed by atoms with van der Waals surface area (Å²) in [6.07, 6.45) is 0. The minimum atomic E-state index is 0.667. The number of methoxy groups -OCH3 is 4. The van der Waals surface area contributed by atoms with E-state index in [2.05, 4.69) is 12.1 Å². The van der Waals surface area contributed by atoms with E-state index < -0.39 is 0 Å². The van der Waals surface area contributed by atoms with Gasteiger partial charge in [0.25, 0.3) is 0 Å². The molecule has 0 bridgehead atoms. The second-order valence-electron chi connectivity index (χ2n) is 6.38. The molecule has 0 unspecified atom stereocenters. The third kappa shape index (κ3) is 2.58. The molecular formula is C22H21NO4. The lowest BCUT2D eigenvalue weighted by molar-refractivity contribution is 0.356. The summed E-state index contributed by atoms with van der Waals surface area (Å²) in [5.74, 6) is 2.84. The van der Waals surface area contributed by atoms with E-state index in [0.29, 0.717) is 11.5 Å². The molecule has 0 amide bonds. The predicted octanol–water partition coefficient (Wildman–Crippen LogP) is 4.88. The maximum atomic E-state index is 5.65. The zero-order chi connectivity index (χ0) is 19.1. The van der Waals surface area contributed by atoms with Gasteiger partial charge in [-0.3, -0.25) is 0 Å². The lowest BCUT2D eigenvalue weighted by Crippen LogP contribution is -1.96. The maximum Gasteiger partial charge on any atom is 0.168 e. The first-order valence-electron chi connectivity index (χ1n) is 8.62. The van der Waals surface area contributed by atoms with Crippen molar-refractivity contribution in [3.8, 4) is 23.0 Å². The molecule has 0 atom stereocenters. The van der Waals surface area contributed by atoms with Crippen LogP contribution in [-0.2, 0) is 0 Å². The molecule has 4 rings (SSSR count). The van der Waals surface area contributed by atoms with Crippen LogP contribution in [0.5, 0.6) is 23.0 Å². The van der Waals surface area contributed by atoms with Gasteiger partial charge >= 0.3 is 0 Å². The first-order valence-corrected chi connectivity index (χ1v) is 8.62. The van der Waals surface area contributed by atoms with Gasteiger partial charge in [-0.25, -0.2) is 4.98 Å². The number of aromatic nitrogens is 1. The van der Waals surface area contributed by atoms with Gasteiger partial charge in [0.2, 0.25) is 0 Å². The van der Waals surface area contributed by atoms with Crippen molar-refractivity contribution >= 4 is 32.6 Å². The molecule has 27 heavy (non-hydrogen) atoms. The molecule has 0 aliphatic rings. The van der Waals surface area contributed by atoms with Gasteiger partial charge in [0.15, 0.2) is 23.0 Å². The Balaban J connectivity index is 2.11. The van der Waals surface area contributed by atoms with Gasteiger partial charge in [-0.1, -0.05) is 0 Å². The van der Waals surface area contributed by atoms with Gasteiger partial charge in [-0.15, -0.1) is 0 Å². The zero-order valence-corrected chi connectivity index (χ0v) is 16.0. The highest BCUT2D eigenvalue weighted by molar-refractivity contribution is 6.12. The highest BCUT2D eigenvalue weighted by Crippen LogP contribution is 2.42. The van der Waals surface area contributed by atoms with E-state index in [1.165, 1.54) is 0 Å². The Morgan fingerprint density at radius 2 is 1.33 bits per heavy atom. The quantitative estimate of drug-likeness (QED) is 0.382. The number of benzene rings is 3. The Hall–Kier alpha value is -3.21. The van der Waals surface area contributed by atoms with E-state index in [0.717, 1.165) is 49.6 Å². The van der Waals surface area contributed by atoms with Crippen LogP contribution >= 0.6 is 0 Å². The van der Waals surface area contributed by atoms with E-state index in [-0.39, 0.29) is 0 Å². The fourth-order valence-corrected chi connectivity index (χ4v) is 3.65. The van der Waals surface area contributed by atoms with Crippen LogP contribution in [0, 0.1) is 6.92 Å². The average molecular weight is 363 g/mol. The van der Waals surface area contributed by atoms with Crippen LogP contribution in [0.1, 0.15) is 5.56 Å². The van der Waals surface area contributed by atoms with Crippen molar-refractivity contribution in [3.63, 3.8) is 0 Å². The van der Waals surface area contributed by atoms with Gasteiger partial charge in [-0.2, -0.15) is 0 Å². The summed E-state index contributed by atoms with van der Waals surface area (Å²) in [5.41, 5.74) is 2.78. The lowest BCUT2D eigenvalue weighted by Gasteiger charge is -2.15. The third-order valence-electron chi connectivity index (χ3n) is 4.92. The minimum absolute atomic E-state index is 0.667. The number of pyridine rings is 1. The first-order chi connectivity index (χ1) is 13.1. The van der Waals surface area contributed by atoms with Crippen LogP contribution in [0.4, 0.5) is 0 Å². The molecule has 0 radical (unpaired) electrons. The van der Waals surface area contributed by atoms with Crippen molar-refractivity contribution in [2.75, 3.05) is 28.4 Å². The molecule has 0 spiro atoms. The highest BCUT2D eigenvalue weighted by Gasteiger charge is 2.16. The average Bonchev–Trinajstić information content (AvgIpc) is 2.70. The number of aryl methyl sites for hydroxylation is 1. The van der Waals surface area contributed by atoms with E-state index >= 15 is 0 Å². The molecule has 1 heterocycles. The molecule has 0 N–H and O–H groups in total. The van der Waals surface area contributed by atoms with Crippen molar-refractivity contribution in [1.29, 1.82) is 0 Å². The topological polar surface area (TPSA) is 49.8 Å². The minimum Gasteiger partial charge on any atom is -0.493 e.